The molecule has 0 aromatic heterocycles. The van der Waals surface area contributed by atoms with Crippen LogP contribution in [0.4, 0.5) is 0 Å². The van der Waals surface area contributed by atoms with E-state index in [1.165, 1.54) is 95.2 Å². The van der Waals surface area contributed by atoms with Crippen molar-refractivity contribution in [2.24, 2.45) is 0 Å². The van der Waals surface area contributed by atoms with Crippen molar-refractivity contribution in [3.8, 4) is 22.3 Å². The van der Waals surface area contributed by atoms with Crippen LogP contribution in [-0.4, -0.2) is 0 Å². The minimum Gasteiger partial charge on any atom is -1.00 e. The first-order chi connectivity index (χ1) is 21.2. The van der Waals surface area contributed by atoms with Crippen molar-refractivity contribution in [2.45, 2.75) is 69.6 Å². The quantitative estimate of drug-likeness (QED) is 0.176. The molecule has 0 atom stereocenters. The molecule has 0 N–H and O–H groups in total. The Morgan fingerprint density at radius 2 is 0.848 bits per heavy atom. The summed E-state index contributed by atoms with van der Waals surface area (Å²) in [5.74, 6) is 1.59. The molecule has 0 unspecified atom stereocenters. The molecule has 0 nitrogen and oxygen atoms in total. The zero-order valence-corrected chi connectivity index (χ0v) is 30.7. The van der Waals surface area contributed by atoms with Crippen LogP contribution < -0.4 is 24.8 Å². The molecule has 3 heteroatoms. The van der Waals surface area contributed by atoms with Gasteiger partial charge in [0, 0.05) is 0 Å². The van der Waals surface area contributed by atoms with Gasteiger partial charge in [0.1, 0.15) is 0 Å². The molecule has 2 saturated carbocycles. The largest absolute Gasteiger partial charge is 2.00 e. The first kappa shape index (κ1) is 38.0. The summed E-state index contributed by atoms with van der Waals surface area (Å²) in [6.07, 6.45) is 11.8. The van der Waals surface area contributed by atoms with Gasteiger partial charge in [-0.05, 0) is 48.6 Å². The van der Waals surface area contributed by atoms with E-state index in [2.05, 4.69) is 135 Å². The molecule has 0 spiro atoms. The monoisotopic (exact) mass is 720 g/mol. The zero-order chi connectivity index (χ0) is 29.4. The minimum atomic E-state index is 0. The second-order valence-corrected chi connectivity index (χ2v) is 12.2. The van der Waals surface area contributed by atoms with Gasteiger partial charge in [-0.1, -0.05) is 110 Å². The number of benzene rings is 4. The maximum atomic E-state index is 3.38. The average molecular weight is 723 g/mol. The fraction of sp³-hybridized carbons (Fsp3) is 0.256. The van der Waals surface area contributed by atoms with E-state index in [0.29, 0.717) is 0 Å². The molecule has 2 aliphatic carbocycles. The van der Waals surface area contributed by atoms with Crippen LogP contribution >= 0.6 is 0 Å². The second kappa shape index (κ2) is 18.8. The van der Waals surface area contributed by atoms with Gasteiger partial charge in [0.15, 0.2) is 0 Å². The van der Waals surface area contributed by atoms with Gasteiger partial charge < -0.3 is 45.1 Å². The van der Waals surface area contributed by atoms with E-state index in [-0.39, 0.29) is 51.0 Å². The minimum absolute atomic E-state index is 0. The van der Waals surface area contributed by atoms with E-state index < -0.39 is 0 Å². The van der Waals surface area contributed by atoms with E-state index >= 15 is 0 Å². The van der Waals surface area contributed by atoms with Gasteiger partial charge in [-0.15, -0.1) is 69.1 Å². The number of hydrogen-bond acceptors (Lipinski definition) is 0. The summed E-state index contributed by atoms with van der Waals surface area (Å²) < 4.78 is 0. The van der Waals surface area contributed by atoms with Crippen molar-refractivity contribution in [3.63, 3.8) is 0 Å². The molecule has 46 heavy (non-hydrogen) atoms. The second-order valence-electron chi connectivity index (χ2n) is 12.2. The van der Waals surface area contributed by atoms with Gasteiger partial charge in [-0.3, -0.25) is 0 Å². The fourth-order valence-corrected chi connectivity index (χ4v) is 7.24. The molecule has 6 aromatic rings. The van der Waals surface area contributed by atoms with Crippen LogP contribution in [0, 0.1) is 13.8 Å². The molecule has 0 saturated heterocycles. The first-order valence-electron chi connectivity index (χ1n) is 16.3. The summed E-state index contributed by atoms with van der Waals surface area (Å²) in [7, 11) is 0. The Morgan fingerprint density at radius 3 is 1.20 bits per heavy atom. The number of hydrogen-bond donors (Lipinski definition) is 0. The summed E-state index contributed by atoms with van der Waals surface area (Å²) in [6, 6.07) is 44.5. The molecule has 2 aliphatic rings. The molecule has 0 heterocycles. The zero-order valence-electron chi connectivity index (χ0n) is 26.7. The van der Waals surface area contributed by atoms with E-state index in [0.717, 1.165) is 18.3 Å². The van der Waals surface area contributed by atoms with Crippen LogP contribution in [0.1, 0.15) is 80.8 Å². The average Bonchev–Trinajstić information content (AvgIpc) is 3.88. The van der Waals surface area contributed by atoms with Crippen LogP contribution in [0.15, 0.2) is 121 Å². The number of halogens is 2. The van der Waals surface area contributed by atoms with Crippen molar-refractivity contribution < 1.29 is 51.0 Å². The van der Waals surface area contributed by atoms with Gasteiger partial charge >= 0.3 is 26.2 Å². The summed E-state index contributed by atoms with van der Waals surface area (Å²) in [6.45, 7) is 6.75. The summed E-state index contributed by atoms with van der Waals surface area (Å²) >= 11 is 0. The van der Waals surface area contributed by atoms with Gasteiger partial charge in [0.2, 0.25) is 0 Å². The Hall–Kier alpha value is -2.44. The molecule has 6 aromatic carbocycles. The Morgan fingerprint density at radius 1 is 0.500 bits per heavy atom. The van der Waals surface area contributed by atoms with Gasteiger partial charge in [-0.2, -0.15) is 12.1 Å². The first-order valence-corrected chi connectivity index (χ1v) is 16.3. The molecule has 8 rings (SSSR count). The Balaban J connectivity index is 0.000000218. The normalized spacial score (nSPS) is 14.3. The van der Waals surface area contributed by atoms with Crippen molar-refractivity contribution >= 4 is 21.5 Å². The Bertz CT molecular complexity index is 1590. The third-order valence-corrected chi connectivity index (χ3v) is 9.37. The molecule has 0 bridgehead atoms. The van der Waals surface area contributed by atoms with E-state index in [1.54, 1.807) is 11.1 Å². The van der Waals surface area contributed by atoms with Crippen molar-refractivity contribution in [1.82, 2.24) is 0 Å². The SMILES string of the molecule is [CH2-]C[CH2-].[Cl-].[Cl-].[Zr+2].c1ccc(-c2cccc3[cH-]c(C4CCCC4)cc23)cc1.c1ccc(-c2cccc3[cH-]c(C4CCCC4)cc23)cc1. The smallest absolute Gasteiger partial charge is 1.00 e. The van der Waals surface area contributed by atoms with E-state index in [9.17, 15) is 0 Å². The third-order valence-electron chi connectivity index (χ3n) is 9.37. The molecule has 238 valence electrons. The maximum absolute atomic E-state index is 3.38. The number of rotatable bonds is 4. The molecule has 0 aliphatic heterocycles. The van der Waals surface area contributed by atoms with Crippen LogP contribution in [-0.2, 0) is 26.2 Å². The fourth-order valence-electron chi connectivity index (χ4n) is 7.24. The summed E-state index contributed by atoms with van der Waals surface area (Å²) in [5.41, 5.74) is 8.49. The Kier molecular flexibility index (Phi) is 15.5. The van der Waals surface area contributed by atoms with Crippen molar-refractivity contribution in [1.29, 1.82) is 0 Å². The molecular formula is C43H44Cl2Zr-4. The van der Waals surface area contributed by atoms with Gasteiger partial charge in [-0.25, -0.2) is 0 Å². The maximum Gasteiger partial charge on any atom is 2.00 e. The van der Waals surface area contributed by atoms with Crippen LogP contribution in [0.3, 0.4) is 0 Å². The molecular weight excluding hydrogens is 679 g/mol. The van der Waals surface area contributed by atoms with E-state index in [1.807, 2.05) is 0 Å². The predicted molar refractivity (Wildman–Crippen MR) is 188 cm³/mol. The molecule has 0 radical (unpaired) electrons. The van der Waals surface area contributed by atoms with E-state index in [4.69, 9.17) is 0 Å². The van der Waals surface area contributed by atoms with Gasteiger partial charge in [0.25, 0.3) is 0 Å². The third kappa shape index (κ3) is 8.92. The van der Waals surface area contributed by atoms with Gasteiger partial charge in [0.05, 0.1) is 0 Å². The summed E-state index contributed by atoms with van der Waals surface area (Å²) in [5, 5.41) is 5.63. The number of fused-ring (bicyclic) bond motifs is 2. The predicted octanol–water partition coefficient (Wildman–Crippen LogP) is 6.82. The van der Waals surface area contributed by atoms with Crippen LogP contribution in [0.2, 0.25) is 0 Å². The standard InChI is InChI=1S/2C20H19.C3H6.2ClH.Zr/c2*1-2-9-16(10-3-1)19-12-6-11-17-13-18(14-20(17)19)15-7-4-5-8-15;1-3-2;;;/h2*1-3,6,9-15H,4-5,7-8H2;1-3H2;2*1H;/q2*-1;-2;;;+2/p-2. The molecule has 0 amide bonds. The topological polar surface area (TPSA) is 0 Å². The van der Waals surface area contributed by atoms with Crippen LogP contribution in [0.5, 0.6) is 0 Å². The molecule has 2 fully saturated rings. The van der Waals surface area contributed by atoms with Crippen molar-refractivity contribution in [2.75, 3.05) is 0 Å². The Labute approximate surface area is 308 Å². The van der Waals surface area contributed by atoms with Crippen LogP contribution in [0.25, 0.3) is 43.8 Å². The summed E-state index contributed by atoms with van der Waals surface area (Å²) in [4.78, 5) is 0. The van der Waals surface area contributed by atoms with Crippen molar-refractivity contribution in [3.05, 3.63) is 146 Å².